The fraction of sp³-hybridized carbons (Fsp3) is 0.125. The summed E-state index contributed by atoms with van der Waals surface area (Å²) in [6, 6.07) is 3.98. The molecule has 0 spiro atoms. The maximum Gasteiger partial charge on any atom is 0.168 e. The van der Waals surface area contributed by atoms with Crippen molar-refractivity contribution in [3.05, 3.63) is 35.4 Å². The van der Waals surface area contributed by atoms with E-state index in [1.807, 2.05) is 0 Å². The minimum atomic E-state index is -1.61. The number of rotatable bonds is 1. The van der Waals surface area contributed by atoms with Gasteiger partial charge in [0.2, 0.25) is 0 Å². The molecule has 62 valence electrons. The summed E-state index contributed by atoms with van der Waals surface area (Å²) >= 11 is 0. The lowest BCUT2D eigenvalue weighted by Crippen LogP contribution is -1.98. The summed E-state index contributed by atoms with van der Waals surface area (Å²) in [6.07, 6.45) is -1.61. The third-order valence-electron chi connectivity index (χ3n) is 1.37. The van der Waals surface area contributed by atoms with Crippen LogP contribution in [0, 0.1) is 23.0 Å². The van der Waals surface area contributed by atoms with Crippen LogP contribution in [0.25, 0.3) is 0 Å². The molecule has 0 aliphatic rings. The van der Waals surface area contributed by atoms with Gasteiger partial charge in [0, 0.05) is 5.56 Å². The lowest BCUT2D eigenvalue weighted by Gasteiger charge is -2.02. The fourth-order valence-electron chi connectivity index (χ4n) is 0.794. The standard InChI is InChI=1S/C8H5F2NO/c9-5-1-2-7(10)6(3-5)8(12)4-11/h1-3,8,12H/t8-/m1/s1. The summed E-state index contributed by atoms with van der Waals surface area (Å²) in [5, 5.41) is 17.1. The maximum absolute atomic E-state index is 12.7. The molecule has 2 nitrogen and oxygen atoms in total. The molecule has 1 rings (SSSR count). The number of benzene rings is 1. The minimum absolute atomic E-state index is 0.336. The smallest absolute Gasteiger partial charge is 0.168 e. The first-order valence-corrected chi connectivity index (χ1v) is 3.18. The third-order valence-corrected chi connectivity index (χ3v) is 1.37. The predicted octanol–water partition coefficient (Wildman–Crippen LogP) is 1.52. The van der Waals surface area contributed by atoms with Gasteiger partial charge < -0.3 is 5.11 Å². The zero-order valence-corrected chi connectivity index (χ0v) is 5.96. The molecule has 0 radical (unpaired) electrons. The number of halogens is 2. The van der Waals surface area contributed by atoms with Crippen molar-refractivity contribution in [1.82, 2.24) is 0 Å². The van der Waals surface area contributed by atoms with Crippen molar-refractivity contribution in [1.29, 1.82) is 5.26 Å². The van der Waals surface area contributed by atoms with Gasteiger partial charge in [0.15, 0.2) is 6.10 Å². The Morgan fingerprint density at radius 3 is 2.67 bits per heavy atom. The van der Waals surface area contributed by atoms with Gasteiger partial charge in [-0.3, -0.25) is 0 Å². The molecule has 1 aromatic carbocycles. The molecule has 0 fully saturated rings. The number of aliphatic hydroxyl groups excluding tert-OH is 1. The van der Waals surface area contributed by atoms with Crippen LogP contribution in [0.1, 0.15) is 11.7 Å². The second-order valence-electron chi connectivity index (χ2n) is 2.20. The number of hydrogen-bond donors (Lipinski definition) is 1. The zero-order chi connectivity index (χ0) is 9.14. The molecule has 0 saturated heterocycles. The molecule has 1 aromatic rings. The van der Waals surface area contributed by atoms with Crippen molar-refractivity contribution < 1.29 is 13.9 Å². The van der Waals surface area contributed by atoms with Crippen LogP contribution >= 0.6 is 0 Å². The van der Waals surface area contributed by atoms with Gasteiger partial charge in [-0.05, 0) is 18.2 Å². The van der Waals surface area contributed by atoms with Gasteiger partial charge in [0.25, 0.3) is 0 Å². The van der Waals surface area contributed by atoms with Crippen LogP contribution in [0.2, 0.25) is 0 Å². The average Bonchev–Trinajstić information content (AvgIpc) is 2.08. The zero-order valence-electron chi connectivity index (χ0n) is 5.96. The van der Waals surface area contributed by atoms with Crippen LogP contribution in [0.5, 0.6) is 0 Å². The van der Waals surface area contributed by atoms with Crippen LogP contribution in [0.3, 0.4) is 0 Å². The molecule has 0 aliphatic heterocycles. The first-order chi connectivity index (χ1) is 5.65. The van der Waals surface area contributed by atoms with E-state index in [2.05, 4.69) is 0 Å². The number of nitrogens with zero attached hydrogens (tertiary/aromatic N) is 1. The highest BCUT2D eigenvalue weighted by Crippen LogP contribution is 2.16. The molecule has 12 heavy (non-hydrogen) atoms. The topological polar surface area (TPSA) is 44.0 Å². The van der Waals surface area contributed by atoms with Gasteiger partial charge in [-0.1, -0.05) is 0 Å². The summed E-state index contributed by atoms with van der Waals surface area (Å²) < 4.78 is 25.2. The van der Waals surface area contributed by atoms with Crippen LogP contribution in [0.4, 0.5) is 8.78 Å². The molecule has 4 heteroatoms. The molecule has 1 atom stereocenters. The first kappa shape index (κ1) is 8.62. The monoisotopic (exact) mass is 169 g/mol. The van der Waals surface area contributed by atoms with Crippen molar-refractivity contribution >= 4 is 0 Å². The Morgan fingerprint density at radius 1 is 1.42 bits per heavy atom. The van der Waals surface area contributed by atoms with E-state index in [1.165, 1.54) is 6.07 Å². The molecule has 0 aliphatic carbocycles. The van der Waals surface area contributed by atoms with E-state index in [9.17, 15) is 8.78 Å². The van der Waals surface area contributed by atoms with Gasteiger partial charge in [-0.2, -0.15) is 5.26 Å². The highest BCUT2D eigenvalue weighted by Gasteiger charge is 2.11. The van der Waals surface area contributed by atoms with E-state index < -0.39 is 17.7 Å². The van der Waals surface area contributed by atoms with E-state index in [4.69, 9.17) is 10.4 Å². The Labute approximate surface area is 67.7 Å². The third kappa shape index (κ3) is 1.57. The number of nitriles is 1. The quantitative estimate of drug-likeness (QED) is 0.647. The summed E-state index contributed by atoms with van der Waals surface area (Å²) in [5.41, 5.74) is -0.336. The van der Waals surface area contributed by atoms with Crippen molar-refractivity contribution in [2.75, 3.05) is 0 Å². The van der Waals surface area contributed by atoms with Gasteiger partial charge in [-0.25, -0.2) is 8.78 Å². The predicted molar refractivity (Wildman–Crippen MR) is 36.9 cm³/mol. The molecule has 0 heterocycles. The molecule has 0 unspecified atom stereocenters. The minimum Gasteiger partial charge on any atom is -0.374 e. The maximum atomic E-state index is 12.7. The van der Waals surface area contributed by atoms with Crippen molar-refractivity contribution in [2.45, 2.75) is 6.10 Å². The van der Waals surface area contributed by atoms with E-state index in [-0.39, 0.29) is 5.56 Å². The Kier molecular flexibility index (Phi) is 2.36. The lowest BCUT2D eigenvalue weighted by molar-refractivity contribution is 0.229. The second-order valence-corrected chi connectivity index (χ2v) is 2.20. The van der Waals surface area contributed by atoms with Gasteiger partial charge in [-0.15, -0.1) is 0 Å². The van der Waals surface area contributed by atoms with Gasteiger partial charge in [0.05, 0.1) is 6.07 Å². The highest BCUT2D eigenvalue weighted by molar-refractivity contribution is 5.24. The molecule has 0 saturated carbocycles. The van der Waals surface area contributed by atoms with Gasteiger partial charge in [0.1, 0.15) is 11.6 Å². The largest absolute Gasteiger partial charge is 0.374 e. The lowest BCUT2D eigenvalue weighted by atomic mass is 10.1. The van der Waals surface area contributed by atoms with Crippen LogP contribution in [-0.2, 0) is 0 Å². The van der Waals surface area contributed by atoms with Crippen LogP contribution in [0.15, 0.2) is 18.2 Å². The van der Waals surface area contributed by atoms with Crippen molar-refractivity contribution in [3.8, 4) is 6.07 Å². The summed E-state index contributed by atoms with van der Waals surface area (Å²) in [6.45, 7) is 0. The molecular formula is C8H5F2NO. The Bertz CT molecular complexity index is 332. The summed E-state index contributed by atoms with van der Waals surface area (Å²) in [5.74, 6) is -1.47. The average molecular weight is 169 g/mol. The second kappa shape index (κ2) is 3.28. The van der Waals surface area contributed by atoms with E-state index in [1.54, 1.807) is 0 Å². The van der Waals surface area contributed by atoms with Crippen molar-refractivity contribution in [2.24, 2.45) is 0 Å². The van der Waals surface area contributed by atoms with Crippen LogP contribution < -0.4 is 0 Å². The van der Waals surface area contributed by atoms with Gasteiger partial charge >= 0.3 is 0 Å². The fourth-order valence-corrected chi connectivity index (χ4v) is 0.794. The molecule has 1 N–H and O–H groups in total. The van der Waals surface area contributed by atoms with Crippen molar-refractivity contribution in [3.63, 3.8) is 0 Å². The SMILES string of the molecule is N#C[C@@H](O)c1cc(F)ccc1F. The molecule has 0 aromatic heterocycles. The van der Waals surface area contributed by atoms with E-state index >= 15 is 0 Å². The summed E-state index contributed by atoms with van der Waals surface area (Å²) in [7, 11) is 0. The summed E-state index contributed by atoms with van der Waals surface area (Å²) in [4.78, 5) is 0. The Morgan fingerprint density at radius 2 is 2.08 bits per heavy atom. The van der Waals surface area contributed by atoms with Crippen LogP contribution in [-0.4, -0.2) is 5.11 Å². The Balaban J connectivity index is 3.15. The van der Waals surface area contributed by atoms with E-state index in [0.717, 1.165) is 18.2 Å². The Hall–Kier alpha value is -1.47. The molecule has 0 amide bonds. The van der Waals surface area contributed by atoms with E-state index in [0.29, 0.717) is 0 Å². The molecule has 0 bridgehead atoms. The molecular weight excluding hydrogens is 164 g/mol. The number of hydrogen-bond acceptors (Lipinski definition) is 2. The normalized spacial score (nSPS) is 12.2. The number of aliphatic hydroxyl groups is 1. The first-order valence-electron chi connectivity index (χ1n) is 3.18. The highest BCUT2D eigenvalue weighted by atomic mass is 19.1.